The number of anilines is 1. The lowest BCUT2D eigenvalue weighted by Crippen LogP contribution is -2.12. The van der Waals surface area contributed by atoms with Crippen molar-refractivity contribution in [1.82, 2.24) is 9.97 Å². The van der Waals surface area contributed by atoms with Crippen LogP contribution in [0.25, 0.3) is 0 Å². The summed E-state index contributed by atoms with van der Waals surface area (Å²) in [6.45, 7) is -0.237. The molecule has 17 heavy (non-hydrogen) atoms. The van der Waals surface area contributed by atoms with Crippen LogP contribution in [0.4, 0.5) is 5.82 Å². The lowest BCUT2D eigenvalue weighted by Gasteiger charge is -2.04. The molecule has 2 rings (SSSR count). The number of aromatic nitrogens is 2. The molecule has 0 saturated carbocycles. The summed E-state index contributed by atoms with van der Waals surface area (Å²) in [7, 11) is -3.66. The number of aromatic amines is 1. The molecule has 90 valence electrons. The largest absolute Gasteiger partial charge is 0.390 e. The number of aliphatic hydroxyl groups excluding tert-OH is 1. The molecule has 0 bridgehead atoms. The van der Waals surface area contributed by atoms with Gasteiger partial charge in [0.05, 0.1) is 6.61 Å². The Morgan fingerprint density at radius 3 is 2.82 bits per heavy atom. The van der Waals surface area contributed by atoms with Gasteiger partial charge < -0.3 is 10.1 Å². The van der Waals surface area contributed by atoms with Gasteiger partial charge >= 0.3 is 0 Å². The summed E-state index contributed by atoms with van der Waals surface area (Å²) in [5.74, 6) is 0.249. The zero-order valence-corrected chi connectivity index (χ0v) is 9.61. The third-order valence-electron chi connectivity index (χ3n) is 2.10. The van der Waals surface area contributed by atoms with Gasteiger partial charge in [-0.3, -0.25) is 4.72 Å². The predicted octanol–water partition coefficient (Wildman–Crippen LogP) is 0.703. The quantitative estimate of drug-likeness (QED) is 0.747. The van der Waals surface area contributed by atoms with Crippen LogP contribution in [0, 0.1) is 0 Å². The minimum Gasteiger partial charge on any atom is -0.390 e. The zero-order valence-electron chi connectivity index (χ0n) is 8.79. The van der Waals surface area contributed by atoms with E-state index in [-0.39, 0.29) is 17.3 Å². The van der Waals surface area contributed by atoms with Gasteiger partial charge in [0.2, 0.25) is 0 Å². The van der Waals surface area contributed by atoms with E-state index in [1.165, 1.54) is 18.5 Å². The molecule has 0 saturated heterocycles. The van der Waals surface area contributed by atoms with Crippen molar-refractivity contribution in [2.75, 3.05) is 4.72 Å². The highest BCUT2D eigenvalue weighted by Gasteiger charge is 2.16. The molecule has 0 aliphatic heterocycles. The van der Waals surface area contributed by atoms with E-state index in [0.29, 0.717) is 5.69 Å². The van der Waals surface area contributed by atoms with Crippen molar-refractivity contribution in [1.29, 1.82) is 0 Å². The van der Waals surface area contributed by atoms with Crippen LogP contribution in [0.15, 0.2) is 41.6 Å². The van der Waals surface area contributed by atoms with E-state index in [1.807, 2.05) is 0 Å². The normalized spacial score (nSPS) is 11.4. The molecule has 2 aromatic heterocycles. The fourth-order valence-electron chi connectivity index (χ4n) is 1.29. The molecule has 0 unspecified atom stereocenters. The molecule has 3 N–H and O–H groups in total. The third kappa shape index (κ3) is 2.63. The standard InChI is InChI=1S/C10H11N3O3S/c14-7-8-5-9(6-12-8)17(15,16)13-10-3-1-2-4-11-10/h1-6,12,14H,7H2,(H,11,13). The maximum Gasteiger partial charge on any atom is 0.264 e. The molecule has 0 aliphatic carbocycles. The molecular formula is C10H11N3O3S. The van der Waals surface area contributed by atoms with Crippen molar-refractivity contribution in [3.8, 4) is 0 Å². The molecule has 0 aliphatic rings. The Hall–Kier alpha value is -1.86. The molecule has 2 heterocycles. The lowest BCUT2D eigenvalue weighted by molar-refractivity contribution is 0.277. The number of nitrogens with zero attached hydrogens (tertiary/aromatic N) is 1. The third-order valence-corrected chi connectivity index (χ3v) is 3.43. The van der Waals surface area contributed by atoms with Crippen molar-refractivity contribution >= 4 is 15.8 Å². The Balaban J connectivity index is 2.25. The van der Waals surface area contributed by atoms with E-state index in [9.17, 15) is 8.42 Å². The molecule has 0 radical (unpaired) electrons. The highest BCUT2D eigenvalue weighted by atomic mass is 32.2. The van der Waals surface area contributed by atoms with Crippen molar-refractivity contribution in [2.24, 2.45) is 0 Å². The first kappa shape index (κ1) is 11.6. The van der Waals surface area contributed by atoms with Crippen molar-refractivity contribution in [3.63, 3.8) is 0 Å². The second kappa shape index (κ2) is 4.56. The number of rotatable bonds is 4. The van der Waals surface area contributed by atoms with Gasteiger partial charge in [-0.15, -0.1) is 0 Å². The molecule has 2 aromatic rings. The number of hydrogen-bond donors (Lipinski definition) is 3. The monoisotopic (exact) mass is 253 g/mol. The number of H-pyrrole nitrogens is 1. The Kier molecular flexibility index (Phi) is 3.12. The Morgan fingerprint density at radius 1 is 1.41 bits per heavy atom. The SMILES string of the molecule is O=S(=O)(Nc1ccccn1)c1c[nH]c(CO)c1. The van der Waals surface area contributed by atoms with Gasteiger partial charge in [0, 0.05) is 18.1 Å². The van der Waals surface area contributed by atoms with Crippen molar-refractivity contribution < 1.29 is 13.5 Å². The first-order chi connectivity index (χ1) is 8.12. The fourth-order valence-corrected chi connectivity index (χ4v) is 2.31. The van der Waals surface area contributed by atoms with E-state index in [2.05, 4.69) is 14.7 Å². The highest BCUT2D eigenvalue weighted by Crippen LogP contribution is 2.14. The van der Waals surface area contributed by atoms with Crippen molar-refractivity contribution in [2.45, 2.75) is 11.5 Å². The summed E-state index contributed by atoms with van der Waals surface area (Å²) < 4.78 is 26.1. The van der Waals surface area contributed by atoms with E-state index in [0.717, 1.165) is 0 Å². The van der Waals surface area contributed by atoms with E-state index < -0.39 is 10.0 Å². The summed E-state index contributed by atoms with van der Waals surface area (Å²) in [5.41, 5.74) is 0.436. The van der Waals surface area contributed by atoms with Gasteiger partial charge in [-0.2, -0.15) is 0 Å². The van der Waals surface area contributed by atoms with E-state index in [1.54, 1.807) is 18.2 Å². The van der Waals surface area contributed by atoms with Gasteiger partial charge in [-0.1, -0.05) is 6.07 Å². The van der Waals surface area contributed by atoms with Crippen molar-refractivity contribution in [3.05, 3.63) is 42.4 Å². The fraction of sp³-hybridized carbons (Fsp3) is 0.100. The number of hydrogen-bond acceptors (Lipinski definition) is 4. The Bertz CT molecular complexity index is 592. The highest BCUT2D eigenvalue weighted by molar-refractivity contribution is 7.92. The van der Waals surface area contributed by atoms with Gasteiger partial charge in [0.15, 0.2) is 0 Å². The minimum absolute atomic E-state index is 0.0622. The number of aliphatic hydroxyl groups is 1. The predicted molar refractivity (Wildman–Crippen MR) is 61.8 cm³/mol. The second-order valence-corrected chi connectivity index (χ2v) is 5.02. The molecule has 0 fully saturated rings. The second-order valence-electron chi connectivity index (χ2n) is 3.34. The van der Waals surface area contributed by atoms with Gasteiger partial charge in [0.25, 0.3) is 10.0 Å². The van der Waals surface area contributed by atoms with Gasteiger partial charge in [-0.25, -0.2) is 13.4 Å². The van der Waals surface area contributed by atoms with Gasteiger partial charge in [0.1, 0.15) is 10.7 Å². The van der Waals surface area contributed by atoms with Crippen LogP contribution in [0.2, 0.25) is 0 Å². The maximum absolute atomic E-state index is 11.9. The van der Waals surface area contributed by atoms with E-state index in [4.69, 9.17) is 5.11 Å². The molecular weight excluding hydrogens is 242 g/mol. The van der Waals surface area contributed by atoms with Crippen LogP contribution in [0.3, 0.4) is 0 Å². The minimum atomic E-state index is -3.66. The number of sulfonamides is 1. The van der Waals surface area contributed by atoms with Crippen LogP contribution in [0.1, 0.15) is 5.69 Å². The molecule has 0 atom stereocenters. The summed E-state index contributed by atoms with van der Waals surface area (Å²) in [4.78, 5) is 6.59. The number of nitrogens with one attached hydrogen (secondary N) is 2. The van der Waals surface area contributed by atoms with Crippen LogP contribution in [0.5, 0.6) is 0 Å². The molecule has 0 spiro atoms. The first-order valence-electron chi connectivity index (χ1n) is 4.84. The molecule has 7 heteroatoms. The average molecular weight is 253 g/mol. The topological polar surface area (TPSA) is 95.1 Å². The Labute approximate surface area is 98.4 Å². The van der Waals surface area contributed by atoms with Gasteiger partial charge in [-0.05, 0) is 18.2 Å². The summed E-state index contributed by atoms with van der Waals surface area (Å²) in [6, 6.07) is 6.29. The molecule has 6 nitrogen and oxygen atoms in total. The van der Waals surface area contributed by atoms with Crippen LogP contribution >= 0.6 is 0 Å². The lowest BCUT2D eigenvalue weighted by atomic mass is 10.5. The maximum atomic E-state index is 11.9. The first-order valence-corrected chi connectivity index (χ1v) is 6.32. The van der Waals surface area contributed by atoms with Crippen LogP contribution in [-0.4, -0.2) is 23.5 Å². The average Bonchev–Trinajstić information content (AvgIpc) is 2.79. The molecule has 0 amide bonds. The summed E-state index contributed by atoms with van der Waals surface area (Å²) in [6.07, 6.45) is 2.81. The smallest absolute Gasteiger partial charge is 0.264 e. The summed E-state index contributed by atoms with van der Waals surface area (Å²) in [5, 5.41) is 8.85. The van der Waals surface area contributed by atoms with E-state index >= 15 is 0 Å². The number of pyridine rings is 1. The van der Waals surface area contributed by atoms with Crippen LogP contribution < -0.4 is 4.72 Å². The zero-order chi connectivity index (χ0) is 12.3. The van der Waals surface area contributed by atoms with Crippen LogP contribution in [-0.2, 0) is 16.6 Å². The Morgan fingerprint density at radius 2 is 2.24 bits per heavy atom. The summed E-state index contributed by atoms with van der Waals surface area (Å²) >= 11 is 0. The molecule has 0 aromatic carbocycles.